The second-order valence-electron chi connectivity index (χ2n) is 6.27. The topological polar surface area (TPSA) is 26.0 Å². The Morgan fingerprint density at radius 3 is 2.56 bits per heavy atom. The third-order valence-corrected chi connectivity index (χ3v) is 6.28. The molecule has 2 saturated carbocycles. The molecule has 0 radical (unpaired) electrons. The van der Waals surface area contributed by atoms with Crippen LogP contribution in [-0.2, 0) is 5.54 Å². The fourth-order valence-electron chi connectivity index (χ4n) is 4.27. The Labute approximate surface area is 115 Å². The van der Waals surface area contributed by atoms with Gasteiger partial charge in [0.1, 0.15) is 0 Å². The summed E-state index contributed by atoms with van der Waals surface area (Å²) in [6.07, 6.45) is 12.4. The molecule has 1 aromatic rings. The van der Waals surface area contributed by atoms with Crippen molar-refractivity contribution in [2.75, 3.05) is 0 Å². The summed E-state index contributed by atoms with van der Waals surface area (Å²) in [6.45, 7) is 0. The maximum atomic E-state index is 6.91. The number of nitrogens with two attached hydrogens (primary N) is 1. The number of rotatable bonds is 2. The second-order valence-corrected chi connectivity index (χ2v) is 7.22. The highest BCUT2D eigenvalue weighted by Gasteiger charge is 2.43. The molecule has 18 heavy (non-hydrogen) atoms. The normalized spacial score (nSPS) is 34.6. The van der Waals surface area contributed by atoms with Crippen molar-refractivity contribution >= 4 is 11.3 Å². The van der Waals surface area contributed by atoms with Crippen LogP contribution in [0.4, 0.5) is 0 Å². The van der Waals surface area contributed by atoms with Gasteiger partial charge in [-0.1, -0.05) is 51.0 Å². The highest BCUT2D eigenvalue weighted by atomic mass is 32.1. The average molecular weight is 263 g/mol. The molecule has 0 saturated heterocycles. The Morgan fingerprint density at radius 2 is 1.83 bits per heavy atom. The SMILES string of the molecule is NC1(c2cccs2)CCCCC1C1CCCCC1. The van der Waals surface area contributed by atoms with Crippen molar-refractivity contribution in [3.05, 3.63) is 22.4 Å². The molecule has 2 aliphatic rings. The minimum absolute atomic E-state index is 0.00553. The van der Waals surface area contributed by atoms with Gasteiger partial charge in [0.25, 0.3) is 0 Å². The zero-order valence-electron chi connectivity index (χ0n) is 11.2. The Morgan fingerprint density at radius 1 is 1.06 bits per heavy atom. The van der Waals surface area contributed by atoms with Gasteiger partial charge < -0.3 is 5.73 Å². The van der Waals surface area contributed by atoms with E-state index < -0.39 is 0 Å². The largest absolute Gasteiger partial charge is 0.320 e. The molecule has 0 spiro atoms. The molecule has 0 amide bonds. The maximum Gasteiger partial charge on any atom is 0.0534 e. The van der Waals surface area contributed by atoms with Gasteiger partial charge in [0.2, 0.25) is 0 Å². The van der Waals surface area contributed by atoms with E-state index in [9.17, 15) is 0 Å². The molecule has 2 aliphatic carbocycles. The van der Waals surface area contributed by atoms with Gasteiger partial charge in [-0.05, 0) is 36.1 Å². The van der Waals surface area contributed by atoms with Crippen LogP contribution in [-0.4, -0.2) is 0 Å². The van der Waals surface area contributed by atoms with Gasteiger partial charge in [-0.15, -0.1) is 11.3 Å². The second kappa shape index (κ2) is 5.34. The lowest BCUT2D eigenvalue weighted by Crippen LogP contribution is -2.49. The van der Waals surface area contributed by atoms with E-state index in [1.807, 2.05) is 11.3 Å². The van der Waals surface area contributed by atoms with E-state index >= 15 is 0 Å². The van der Waals surface area contributed by atoms with E-state index in [0.29, 0.717) is 0 Å². The van der Waals surface area contributed by atoms with Crippen LogP contribution in [0, 0.1) is 11.8 Å². The highest BCUT2D eigenvalue weighted by molar-refractivity contribution is 7.10. The fourth-order valence-corrected chi connectivity index (χ4v) is 5.20. The molecule has 1 heterocycles. The summed E-state index contributed by atoms with van der Waals surface area (Å²) in [5.74, 6) is 1.64. The van der Waals surface area contributed by atoms with E-state index in [2.05, 4.69) is 17.5 Å². The van der Waals surface area contributed by atoms with Crippen LogP contribution in [0.15, 0.2) is 17.5 Å². The van der Waals surface area contributed by atoms with Gasteiger partial charge in [0.15, 0.2) is 0 Å². The Bertz CT molecular complexity index is 366. The van der Waals surface area contributed by atoms with E-state index in [4.69, 9.17) is 5.73 Å². The number of thiophene rings is 1. The summed E-state index contributed by atoms with van der Waals surface area (Å²) in [5, 5.41) is 2.19. The molecular weight excluding hydrogens is 238 g/mol. The van der Waals surface area contributed by atoms with Gasteiger partial charge in [0.05, 0.1) is 5.54 Å². The van der Waals surface area contributed by atoms with Crippen LogP contribution in [0.5, 0.6) is 0 Å². The molecule has 0 aromatic carbocycles. The first kappa shape index (κ1) is 12.7. The van der Waals surface area contributed by atoms with Gasteiger partial charge in [0, 0.05) is 4.88 Å². The molecule has 100 valence electrons. The molecule has 0 bridgehead atoms. The Hall–Kier alpha value is -0.340. The molecule has 2 N–H and O–H groups in total. The number of hydrogen-bond donors (Lipinski definition) is 1. The lowest BCUT2D eigenvalue weighted by molar-refractivity contribution is 0.101. The molecule has 2 heteroatoms. The van der Waals surface area contributed by atoms with Crippen molar-refractivity contribution in [2.45, 2.75) is 63.3 Å². The van der Waals surface area contributed by atoms with E-state index in [0.717, 1.165) is 11.8 Å². The molecule has 0 aliphatic heterocycles. The van der Waals surface area contributed by atoms with Gasteiger partial charge >= 0.3 is 0 Å². The van der Waals surface area contributed by atoms with Crippen LogP contribution >= 0.6 is 11.3 Å². The molecule has 1 nitrogen and oxygen atoms in total. The van der Waals surface area contributed by atoms with Gasteiger partial charge in [-0.2, -0.15) is 0 Å². The first-order chi connectivity index (χ1) is 8.81. The zero-order valence-corrected chi connectivity index (χ0v) is 12.1. The molecule has 1 aromatic heterocycles. The van der Waals surface area contributed by atoms with Crippen molar-refractivity contribution in [3.63, 3.8) is 0 Å². The first-order valence-electron chi connectivity index (χ1n) is 7.63. The van der Waals surface area contributed by atoms with E-state index in [1.54, 1.807) is 0 Å². The highest BCUT2D eigenvalue weighted by Crippen LogP contribution is 2.48. The predicted octanol–water partition coefficient (Wildman–Crippen LogP) is 4.67. The minimum atomic E-state index is -0.00553. The summed E-state index contributed by atoms with van der Waals surface area (Å²) < 4.78 is 0. The van der Waals surface area contributed by atoms with Crippen LogP contribution in [0.1, 0.15) is 62.7 Å². The van der Waals surface area contributed by atoms with Crippen LogP contribution in [0.3, 0.4) is 0 Å². The van der Waals surface area contributed by atoms with Crippen molar-refractivity contribution in [3.8, 4) is 0 Å². The number of hydrogen-bond acceptors (Lipinski definition) is 2. The van der Waals surface area contributed by atoms with Crippen LogP contribution < -0.4 is 5.73 Å². The molecular formula is C16H25NS. The third-order valence-electron chi connectivity index (χ3n) is 5.22. The Kier molecular flexibility index (Phi) is 3.76. The third kappa shape index (κ3) is 2.25. The monoisotopic (exact) mass is 263 g/mol. The van der Waals surface area contributed by atoms with Crippen molar-refractivity contribution in [1.82, 2.24) is 0 Å². The molecule has 2 atom stereocenters. The van der Waals surface area contributed by atoms with E-state index in [1.165, 1.54) is 62.7 Å². The smallest absolute Gasteiger partial charge is 0.0534 e. The zero-order chi connectivity index (χ0) is 12.4. The summed E-state index contributed by atoms with van der Waals surface area (Å²) in [4.78, 5) is 1.44. The van der Waals surface area contributed by atoms with Crippen molar-refractivity contribution < 1.29 is 0 Å². The lowest BCUT2D eigenvalue weighted by atomic mass is 9.63. The quantitative estimate of drug-likeness (QED) is 0.824. The average Bonchev–Trinajstić information content (AvgIpc) is 2.95. The fraction of sp³-hybridized carbons (Fsp3) is 0.750. The lowest BCUT2D eigenvalue weighted by Gasteiger charge is -2.46. The standard InChI is InChI=1S/C16H25NS/c17-16(15-10-6-12-18-15)11-5-4-9-14(16)13-7-2-1-3-8-13/h6,10,12-14H,1-5,7-9,11,17H2. The van der Waals surface area contributed by atoms with Gasteiger partial charge in [-0.3, -0.25) is 0 Å². The predicted molar refractivity (Wildman–Crippen MR) is 78.7 cm³/mol. The van der Waals surface area contributed by atoms with Crippen LogP contribution in [0.2, 0.25) is 0 Å². The van der Waals surface area contributed by atoms with Gasteiger partial charge in [-0.25, -0.2) is 0 Å². The summed E-state index contributed by atoms with van der Waals surface area (Å²) in [6, 6.07) is 4.44. The molecule has 2 unspecified atom stereocenters. The minimum Gasteiger partial charge on any atom is -0.320 e. The van der Waals surface area contributed by atoms with E-state index in [-0.39, 0.29) is 5.54 Å². The maximum absolute atomic E-state index is 6.91. The Balaban J connectivity index is 1.85. The molecule has 2 fully saturated rings. The first-order valence-corrected chi connectivity index (χ1v) is 8.51. The summed E-state index contributed by atoms with van der Waals surface area (Å²) >= 11 is 1.87. The summed E-state index contributed by atoms with van der Waals surface area (Å²) in [5.41, 5.74) is 6.90. The van der Waals surface area contributed by atoms with Crippen LogP contribution in [0.25, 0.3) is 0 Å². The van der Waals surface area contributed by atoms with Crippen molar-refractivity contribution in [2.24, 2.45) is 17.6 Å². The van der Waals surface area contributed by atoms with Crippen molar-refractivity contribution in [1.29, 1.82) is 0 Å². The summed E-state index contributed by atoms with van der Waals surface area (Å²) in [7, 11) is 0. The molecule has 3 rings (SSSR count).